The summed E-state index contributed by atoms with van der Waals surface area (Å²) < 4.78 is 54.0. The first kappa shape index (κ1) is 13.9. The molecule has 0 aliphatic rings. The molecule has 0 saturated carbocycles. The summed E-state index contributed by atoms with van der Waals surface area (Å²) in [5.74, 6) is -5.77. The second kappa shape index (κ2) is 5.95. The van der Waals surface area contributed by atoms with Gasteiger partial charge in [0.1, 0.15) is 0 Å². The van der Waals surface area contributed by atoms with E-state index in [2.05, 4.69) is 19.9 Å². The number of nitrogens with zero attached hydrogens (tertiary/aromatic N) is 2. The van der Waals surface area contributed by atoms with Crippen molar-refractivity contribution in [2.24, 2.45) is 0 Å². The topological polar surface area (TPSA) is 51.0 Å². The van der Waals surface area contributed by atoms with Gasteiger partial charge in [0.2, 0.25) is 5.89 Å². The predicted octanol–water partition coefficient (Wildman–Crippen LogP) is 1.97. The van der Waals surface area contributed by atoms with Gasteiger partial charge >= 0.3 is 12.3 Å². The molecule has 0 radical (unpaired) electrons. The molecule has 0 aliphatic heterocycles. The van der Waals surface area contributed by atoms with Crippen LogP contribution in [-0.4, -0.2) is 29.7 Å². The number of alkyl halides is 4. The molecule has 1 heterocycles. The number of rotatable bonds is 7. The van der Waals surface area contributed by atoms with Gasteiger partial charge in [-0.1, -0.05) is 6.92 Å². The van der Waals surface area contributed by atoms with Gasteiger partial charge in [0.05, 0.1) is 0 Å². The fraction of sp³-hybridized carbons (Fsp3) is 0.778. The fourth-order valence-corrected chi connectivity index (χ4v) is 1.12. The number of nitrogens with one attached hydrogen (secondary N) is 1. The van der Waals surface area contributed by atoms with Crippen LogP contribution in [0.5, 0.6) is 0 Å². The largest absolute Gasteiger partial charge is 0.419 e. The maximum Gasteiger partial charge on any atom is 0.382 e. The minimum atomic E-state index is -4.38. The zero-order valence-electron chi connectivity index (χ0n) is 9.22. The number of aromatic nitrogens is 2. The van der Waals surface area contributed by atoms with Gasteiger partial charge in [-0.2, -0.15) is 8.78 Å². The van der Waals surface area contributed by atoms with Crippen LogP contribution in [-0.2, 0) is 12.3 Å². The fourth-order valence-electron chi connectivity index (χ4n) is 1.12. The second-order valence-electron chi connectivity index (χ2n) is 3.38. The molecule has 17 heavy (non-hydrogen) atoms. The maximum absolute atomic E-state index is 12.8. The van der Waals surface area contributed by atoms with Crippen LogP contribution in [0.3, 0.4) is 0 Å². The Labute approximate surface area is 95.4 Å². The van der Waals surface area contributed by atoms with E-state index in [9.17, 15) is 17.6 Å². The molecular weight excluding hydrogens is 242 g/mol. The molecule has 1 aromatic rings. The van der Waals surface area contributed by atoms with E-state index in [0.29, 0.717) is 13.0 Å². The molecule has 0 spiro atoms. The lowest BCUT2D eigenvalue weighted by Gasteiger charge is -2.09. The van der Waals surface area contributed by atoms with Gasteiger partial charge in [-0.15, -0.1) is 10.2 Å². The Bertz CT molecular complexity index is 343. The van der Waals surface area contributed by atoms with Gasteiger partial charge < -0.3 is 9.73 Å². The van der Waals surface area contributed by atoms with E-state index in [-0.39, 0.29) is 12.3 Å². The number of hydrogen-bond donors (Lipinski definition) is 1. The van der Waals surface area contributed by atoms with E-state index >= 15 is 0 Å². The summed E-state index contributed by atoms with van der Waals surface area (Å²) >= 11 is 0. The van der Waals surface area contributed by atoms with Gasteiger partial charge in [-0.05, 0) is 19.5 Å². The minimum absolute atomic E-state index is 0.0572. The van der Waals surface area contributed by atoms with Crippen LogP contribution in [0.2, 0.25) is 0 Å². The summed E-state index contributed by atoms with van der Waals surface area (Å²) in [6, 6.07) is 0. The zero-order valence-corrected chi connectivity index (χ0v) is 9.22. The average molecular weight is 255 g/mol. The molecule has 0 atom stereocenters. The first-order valence-electron chi connectivity index (χ1n) is 5.18. The smallest absolute Gasteiger partial charge is 0.382 e. The first-order chi connectivity index (χ1) is 7.98. The number of halogens is 4. The summed E-state index contributed by atoms with van der Waals surface area (Å²) in [6.45, 7) is 3.38. The van der Waals surface area contributed by atoms with Crippen molar-refractivity contribution in [1.82, 2.24) is 15.5 Å². The summed E-state index contributed by atoms with van der Waals surface area (Å²) in [6.07, 6.45) is -2.97. The van der Waals surface area contributed by atoms with Gasteiger partial charge in [0, 0.05) is 6.42 Å². The van der Waals surface area contributed by atoms with E-state index < -0.39 is 18.2 Å². The van der Waals surface area contributed by atoms with Gasteiger partial charge in [-0.3, -0.25) is 0 Å². The Hall–Kier alpha value is -1.18. The minimum Gasteiger partial charge on any atom is -0.419 e. The number of aryl methyl sites for hydroxylation is 1. The lowest BCUT2D eigenvalue weighted by atomic mass is 10.3. The monoisotopic (exact) mass is 255 g/mol. The van der Waals surface area contributed by atoms with Crippen LogP contribution in [0, 0.1) is 0 Å². The van der Waals surface area contributed by atoms with Crippen molar-refractivity contribution < 1.29 is 22.0 Å². The van der Waals surface area contributed by atoms with Crippen LogP contribution in [0.25, 0.3) is 0 Å². The highest BCUT2D eigenvalue weighted by Crippen LogP contribution is 2.33. The predicted molar refractivity (Wildman–Crippen MR) is 51.1 cm³/mol. The van der Waals surface area contributed by atoms with Gasteiger partial charge in [-0.25, -0.2) is 8.78 Å². The van der Waals surface area contributed by atoms with E-state index in [1.54, 1.807) is 0 Å². The lowest BCUT2D eigenvalue weighted by Crippen LogP contribution is -2.23. The molecule has 4 nitrogen and oxygen atoms in total. The quantitative estimate of drug-likeness (QED) is 0.597. The molecule has 1 N–H and O–H groups in total. The lowest BCUT2D eigenvalue weighted by molar-refractivity contribution is -0.151. The van der Waals surface area contributed by atoms with Crippen molar-refractivity contribution in [3.05, 3.63) is 11.8 Å². The maximum atomic E-state index is 12.8. The summed E-state index contributed by atoms with van der Waals surface area (Å²) in [5.41, 5.74) is 0. The van der Waals surface area contributed by atoms with E-state index in [0.717, 1.165) is 6.54 Å². The molecular formula is C9H13F4N3O. The van der Waals surface area contributed by atoms with Crippen LogP contribution >= 0.6 is 0 Å². The first-order valence-corrected chi connectivity index (χ1v) is 5.18. The Balaban J connectivity index is 2.53. The Morgan fingerprint density at radius 3 is 2.65 bits per heavy atom. The van der Waals surface area contributed by atoms with Crippen molar-refractivity contribution in [2.75, 3.05) is 13.1 Å². The third-order valence-electron chi connectivity index (χ3n) is 2.02. The van der Waals surface area contributed by atoms with Crippen LogP contribution in [0.1, 0.15) is 25.1 Å². The van der Waals surface area contributed by atoms with Gasteiger partial charge in [0.15, 0.2) is 0 Å². The van der Waals surface area contributed by atoms with Crippen molar-refractivity contribution in [3.8, 4) is 0 Å². The van der Waals surface area contributed by atoms with Crippen molar-refractivity contribution in [3.63, 3.8) is 0 Å². The molecule has 0 amide bonds. The normalized spacial score (nSPS) is 12.4. The Morgan fingerprint density at radius 2 is 2.06 bits per heavy atom. The molecule has 0 unspecified atom stereocenters. The summed E-state index contributed by atoms with van der Waals surface area (Å²) in [5, 5.41) is 9.26. The molecule has 0 fully saturated rings. The van der Waals surface area contributed by atoms with E-state index in [4.69, 9.17) is 0 Å². The zero-order chi connectivity index (χ0) is 12.9. The standard InChI is InChI=1S/C9H13F4N3O/c1-2-14-5-3-4-6-15-16-8(17-6)9(12,13)7(10)11/h7,14H,2-5H2,1H3. The van der Waals surface area contributed by atoms with Crippen LogP contribution in [0.4, 0.5) is 17.6 Å². The second-order valence-corrected chi connectivity index (χ2v) is 3.38. The summed E-state index contributed by atoms with van der Waals surface area (Å²) in [7, 11) is 0. The molecule has 0 aliphatic carbocycles. The van der Waals surface area contributed by atoms with Crippen molar-refractivity contribution >= 4 is 0 Å². The van der Waals surface area contributed by atoms with Crippen LogP contribution < -0.4 is 5.32 Å². The third kappa shape index (κ3) is 3.65. The molecule has 1 aromatic heterocycles. The highest BCUT2D eigenvalue weighted by atomic mass is 19.3. The summed E-state index contributed by atoms with van der Waals surface area (Å²) in [4.78, 5) is 0. The van der Waals surface area contributed by atoms with E-state index in [1.165, 1.54) is 0 Å². The third-order valence-corrected chi connectivity index (χ3v) is 2.02. The van der Waals surface area contributed by atoms with Crippen molar-refractivity contribution in [2.45, 2.75) is 32.1 Å². The molecule has 0 saturated heterocycles. The average Bonchev–Trinajstić information content (AvgIpc) is 2.73. The molecule has 0 aromatic carbocycles. The van der Waals surface area contributed by atoms with Crippen molar-refractivity contribution in [1.29, 1.82) is 0 Å². The molecule has 1 rings (SSSR count). The van der Waals surface area contributed by atoms with E-state index in [1.807, 2.05) is 6.92 Å². The SMILES string of the molecule is CCNCCCc1nnc(C(F)(F)C(F)F)o1. The molecule has 98 valence electrons. The highest BCUT2D eigenvalue weighted by Gasteiger charge is 2.48. The van der Waals surface area contributed by atoms with Gasteiger partial charge in [0.25, 0.3) is 5.89 Å². The Morgan fingerprint density at radius 1 is 1.35 bits per heavy atom. The number of hydrogen-bond acceptors (Lipinski definition) is 4. The highest BCUT2D eigenvalue weighted by molar-refractivity contribution is 4.93. The Kier molecular flexibility index (Phi) is 4.86. The van der Waals surface area contributed by atoms with Crippen LogP contribution in [0.15, 0.2) is 4.42 Å². The molecule has 0 bridgehead atoms. The molecule has 8 heteroatoms.